The van der Waals surface area contributed by atoms with Gasteiger partial charge in [-0.15, -0.1) is 0 Å². The molecule has 0 aromatic heterocycles. The second-order valence-electron chi connectivity index (χ2n) is 4.26. The molecule has 0 radical (unpaired) electrons. The van der Waals surface area contributed by atoms with Gasteiger partial charge in [-0.3, -0.25) is 0 Å². The molecular weight excluding hydrogens is 228 g/mol. The maximum atomic E-state index is 10.2. The lowest BCUT2D eigenvalue weighted by Gasteiger charge is -2.22. The minimum Gasteiger partial charge on any atom is -0.494 e. The van der Waals surface area contributed by atoms with E-state index in [0.717, 1.165) is 30.8 Å². The quantitative estimate of drug-likeness (QED) is 0.771. The van der Waals surface area contributed by atoms with Crippen molar-refractivity contribution in [2.24, 2.45) is 0 Å². The summed E-state index contributed by atoms with van der Waals surface area (Å²) in [6.45, 7) is 7.37. The number of hydrogen-bond acceptors (Lipinski definition) is 3. The van der Waals surface area contributed by atoms with Crippen LogP contribution in [0.15, 0.2) is 24.3 Å². The summed E-state index contributed by atoms with van der Waals surface area (Å²) in [7, 11) is 0. The summed E-state index contributed by atoms with van der Waals surface area (Å²) in [6.07, 6.45) is 1.07. The van der Waals surface area contributed by atoms with Crippen molar-refractivity contribution >= 4 is 0 Å². The molecule has 18 heavy (non-hydrogen) atoms. The average Bonchev–Trinajstić information content (AvgIpc) is 2.42. The molecule has 1 aromatic carbocycles. The van der Waals surface area contributed by atoms with Crippen LogP contribution in [0.3, 0.4) is 0 Å². The van der Waals surface area contributed by atoms with Crippen LogP contribution in [0.4, 0.5) is 0 Å². The van der Waals surface area contributed by atoms with Crippen LogP contribution in [0.1, 0.15) is 45.3 Å². The molecule has 2 unspecified atom stereocenters. The zero-order valence-electron chi connectivity index (χ0n) is 11.6. The topological polar surface area (TPSA) is 38.7 Å². The van der Waals surface area contributed by atoms with Crippen molar-refractivity contribution in [3.63, 3.8) is 0 Å². The average molecular weight is 252 g/mol. The number of benzene rings is 1. The maximum absolute atomic E-state index is 10.2. The number of rotatable bonds is 8. The van der Waals surface area contributed by atoms with E-state index in [1.807, 2.05) is 38.1 Å². The Balaban J connectivity index is 2.65. The molecule has 1 rings (SSSR count). The van der Waals surface area contributed by atoms with E-state index in [9.17, 15) is 5.11 Å². The molecule has 0 bridgehead atoms. The second-order valence-corrected chi connectivity index (χ2v) is 4.26. The van der Waals surface area contributed by atoms with E-state index < -0.39 is 6.10 Å². The third-order valence-electron chi connectivity index (χ3n) is 2.83. The van der Waals surface area contributed by atoms with Gasteiger partial charge in [-0.2, -0.15) is 0 Å². The normalized spacial score (nSPS) is 14.2. The summed E-state index contributed by atoms with van der Waals surface area (Å²) in [4.78, 5) is 0. The Morgan fingerprint density at radius 2 is 1.78 bits per heavy atom. The highest BCUT2D eigenvalue weighted by Gasteiger charge is 2.19. The molecular formula is C15H24O3. The smallest absolute Gasteiger partial charge is 0.119 e. The SMILES string of the molecule is CCCOc1ccc(C(O)C(CC)OCC)cc1. The molecule has 0 spiro atoms. The van der Waals surface area contributed by atoms with Crippen molar-refractivity contribution in [3.8, 4) is 5.75 Å². The Morgan fingerprint density at radius 1 is 1.11 bits per heavy atom. The molecule has 0 aliphatic rings. The van der Waals surface area contributed by atoms with E-state index in [-0.39, 0.29) is 6.10 Å². The summed E-state index contributed by atoms with van der Waals surface area (Å²) in [5, 5.41) is 10.2. The molecule has 3 nitrogen and oxygen atoms in total. The van der Waals surface area contributed by atoms with Gasteiger partial charge in [0.2, 0.25) is 0 Å². The van der Waals surface area contributed by atoms with E-state index in [4.69, 9.17) is 9.47 Å². The van der Waals surface area contributed by atoms with Crippen LogP contribution >= 0.6 is 0 Å². The molecule has 0 fully saturated rings. The van der Waals surface area contributed by atoms with Gasteiger partial charge >= 0.3 is 0 Å². The molecule has 0 aliphatic heterocycles. The Morgan fingerprint density at radius 3 is 2.28 bits per heavy atom. The summed E-state index contributed by atoms with van der Waals surface area (Å²) in [6, 6.07) is 7.59. The first kappa shape index (κ1) is 15.0. The lowest BCUT2D eigenvalue weighted by molar-refractivity contribution is -0.0356. The van der Waals surface area contributed by atoms with Crippen LogP contribution < -0.4 is 4.74 Å². The third kappa shape index (κ3) is 4.31. The van der Waals surface area contributed by atoms with Gasteiger partial charge in [0.15, 0.2) is 0 Å². The van der Waals surface area contributed by atoms with Crippen molar-refractivity contribution in [2.75, 3.05) is 13.2 Å². The van der Waals surface area contributed by atoms with Crippen LogP contribution in [0.2, 0.25) is 0 Å². The fraction of sp³-hybridized carbons (Fsp3) is 0.600. The van der Waals surface area contributed by atoms with Gasteiger partial charge in [0.05, 0.1) is 12.7 Å². The summed E-state index contributed by atoms with van der Waals surface area (Å²) < 4.78 is 11.0. The summed E-state index contributed by atoms with van der Waals surface area (Å²) in [5.74, 6) is 0.845. The minimum absolute atomic E-state index is 0.141. The molecule has 3 heteroatoms. The highest BCUT2D eigenvalue weighted by atomic mass is 16.5. The maximum Gasteiger partial charge on any atom is 0.119 e. The number of ether oxygens (including phenoxy) is 2. The molecule has 102 valence electrons. The lowest BCUT2D eigenvalue weighted by atomic mass is 10.0. The van der Waals surface area contributed by atoms with E-state index >= 15 is 0 Å². The molecule has 0 saturated carbocycles. The van der Waals surface area contributed by atoms with Gasteiger partial charge in [-0.05, 0) is 37.5 Å². The van der Waals surface area contributed by atoms with Gasteiger partial charge < -0.3 is 14.6 Å². The standard InChI is InChI=1S/C15H24O3/c1-4-11-18-13-9-7-12(8-10-13)15(16)14(5-2)17-6-3/h7-10,14-16H,4-6,11H2,1-3H3. The molecule has 0 heterocycles. The molecule has 2 atom stereocenters. The fourth-order valence-electron chi connectivity index (χ4n) is 1.84. The zero-order valence-corrected chi connectivity index (χ0v) is 11.6. The predicted molar refractivity (Wildman–Crippen MR) is 72.9 cm³/mol. The predicted octanol–water partition coefficient (Wildman–Crippen LogP) is 3.32. The first-order chi connectivity index (χ1) is 8.72. The highest BCUT2D eigenvalue weighted by molar-refractivity contribution is 5.29. The van der Waals surface area contributed by atoms with Gasteiger partial charge in [0.1, 0.15) is 11.9 Å². The van der Waals surface area contributed by atoms with Crippen LogP contribution in [0.25, 0.3) is 0 Å². The van der Waals surface area contributed by atoms with Gasteiger partial charge in [0, 0.05) is 6.61 Å². The van der Waals surface area contributed by atoms with E-state index in [1.54, 1.807) is 0 Å². The number of aliphatic hydroxyl groups is 1. The van der Waals surface area contributed by atoms with Gasteiger partial charge in [-0.1, -0.05) is 26.0 Å². The molecule has 0 amide bonds. The first-order valence-electron chi connectivity index (χ1n) is 6.75. The molecule has 0 aliphatic carbocycles. The molecule has 0 saturated heterocycles. The molecule has 1 N–H and O–H groups in total. The van der Waals surface area contributed by atoms with Crippen molar-refractivity contribution in [1.82, 2.24) is 0 Å². The zero-order chi connectivity index (χ0) is 13.4. The largest absolute Gasteiger partial charge is 0.494 e. The van der Waals surface area contributed by atoms with E-state index in [1.165, 1.54) is 0 Å². The number of aliphatic hydroxyl groups excluding tert-OH is 1. The first-order valence-corrected chi connectivity index (χ1v) is 6.75. The Kier molecular flexibility index (Phi) is 6.76. The van der Waals surface area contributed by atoms with Crippen molar-refractivity contribution in [2.45, 2.75) is 45.8 Å². The van der Waals surface area contributed by atoms with Crippen molar-refractivity contribution in [1.29, 1.82) is 0 Å². The summed E-state index contributed by atoms with van der Waals surface area (Å²) >= 11 is 0. The Bertz CT molecular complexity index is 321. The minimum atomic E-state index is -0.574. The lowest BCUT2D eigenvalue weighted by Crippen LogP contribution is -2.21. The van der Waals surface area contributed by atoms with Crippen LogP contribution in [-0.4, -0.2) is 24.4 Å². The van der Waals surface area contributed by atoms with Crippen molar-refractivity contribution < 1.29 is 14.6 Å². The Hall–Kier alpha value is -1.06. The summed E-state index contributed by atoms with van der Waals surface area (Å²) in [5.41, 5.74) is 0.874. The van der Waals surface area contributed by atoms with Crippen LogP contribution in [0, 0.1) is 0 Å². The number of hydrogen-bond donors (Lipinski definition) is 1. The van der Waals surface area contributed by atoms with Gasteiger partial charge in [-0.25, -0.2) is 0 Å². The van der Waals surface area contributed by atoms with Crippen LogP contribution in [-0.2, 0) is 4.74 Å². The van der Waals surface area contributed by atoms with Crippen molar-refractivity contribution in [3.05, 3.63) is 29.8 Å². The van der Waals surface area contributed by atoms with Gasteiger partial charge in [0.25, 0.3) is 0 Å². The third-order valence-corrected chi connectivity index (χ3v) is 2.83. The van der Waals surface area contributed by atoms with E-state index in [2.05, 4.69) is 6.92 Å². The fourth-order valence-corrected chi connectivity index (χ4v) is 1.84. The Labute approximate surface area is 110 Å². The molecule has 1 aromatic rings. The highest BCUT2D eigenvalue weighted by Crippen LogP contribution is 2.23. The monoisotopic (exact) mass is 252 g/mol. The van der Waals surface area contributed by atoms with E-state index in [0.29, 0.717) is 6.61 Å². The van der Waals surface area contributed by atoms with Crippen LogP contribution in [0.5, 0.6) is 5.75 Å². The second kappa shape index (κ2) is 8.11.